The number of Topliss-reactive ketones (excluding diaryl/α,β-unsaturated/α-hetero) is 1. The smallest absolute Gasteiger partial charge is 0.243 e. The van der Waals surface area contributed by atoms with Crippen molar-refractivity contribution in [2.24, 2.45) is 11.8 Å². The van der Waals surface area contributed by atoms with Gasteiger partial charge < -0.3 is 35.8 Å². The Morgan fingerprint density at radius 3 is 1.75 bits per heavy atom. The summed E-state index contributed by atoms with van der Waals surface area (Å²) in [5.74, 6) is -1.73. The molecule has 4 amide bonds. The third kappa shape index (κ3) is 19.5. The molecule has 334 valence electrons. The summed E-state index contributed by atoms with van der Waals surface area (Å²) >= 11 is 0. The van der Waals surface area contributed by atoms with Crippen molar-refractivity contribution in [3.63, 3.8) is 0 Å². The summed E-state index contributed by atoms with van der Waals surface area (Å²) in [6, 6.07) is 15.5. The lowest BCUT2D eigenvalue weighted by Gasteiger charge is -2.32. The van der Waals surface area contributed by atoms with Crippen LogP contribution in [0.3, 0.4) is 0 Å². The average Bonchev–Trinajstić information content (AvgIpc) is 3.22. The number of hydrogen-bond donors (Lipinski definition) is 4. The third-order valence-corrected chi connectivity index (χ3v) is 11.1. The van der Waals surface area contributed by atoms with Crippen LogP contribution in [0.15, 0.2) is 60.7 Å². The lowest BCUT2D eigenvalue weighted by molar-refractivity contribution is -0.137. The fourth-order valence-corrected chi connectivity index (χ4v) is 7.63. The third-order valence-electron chi connectivity index (χ3n) is 11.1. The van der Waals surface area contributed by atoms with Crippen LogP contribution in [0.5, 0.6) is 0 Å². The molecule has 1 aliphatic rings. The molecule has 12 heteroatoms. The van der Waals surface area contributed by atoms with Crippen LogP contribution in [-0.2, 0) is 41.6 Å². The van der Waals surface area contributed by atoms with Crippen molar-refractivity contribution in [3.05, 3.63) is 71.8 Å². The van der Waals surface area contributed by atoms with Gasteiger partial charge in [-0.25, -0.2) is 0 Å². The molecule has 2 aromatic carbocycles. The SMILES string of the molecule is CCO[C@@H](C)C(=O)C(CC(C)C)NC(=O)[C@H](Cc1ccccc1)NC(=O)C(CC(C)C)NC(=O)[C@H](CCc1ccccc1)NC(=O)CCCCCCCN1CCN(C)CC1. The highest BCUT2D eigenvalue weighted by Gasteiger charge is 2.33. The average molecular weight is 833 g/mol. The highest BCUT2D eigenvalue weighted by Crippen LogP contribution is 2.14. The maximum Gasteiger partial charge on any atom is 0.243 e. The van der Waals surface area contributed by atoms with E-state index in [1.165, 1.54) is 0 Å². The van der Waals surface area contributed by atoms with E-state index in [0.29, 0.717) is 38.7 Å². The highest BCUT2D eigenvalue weighted by atomic mass is 16.5. The largest absolute Gasteiger partial charge is 0.371 e. The lowest BCUT2D eigenvalue weighted by Crippen LogP contribution is -2.59. The molecule has 2 unspecified atom stereocenters. The second kappa shape index (κ2) is 27.7. The predicted octanol–water partition coefficient (Wildman–Crippen LogP) is 5.48. The number of aryl methyl sites for hydroxylation is 1. The van der Waals surface area contributed by atoms with Gasteiger partial charge in [0.1, 0.15) is 24.2 Å². The number of ether oxygens (including phenoxy) is 1. The van der Waals surface area contributed by atoms with E-state index in [2.05, 4.69) is 38.1 Å². The predicted molar refractivity (Wildman–Crippen MR) is 239 cm³/mol. The molecule has 12 nitrogen and oxygen atoms in total. The van der Waals surface area contributed by atoms with Crippen LogP contribution in [0.25, 0.3) is 0 Å². The Kier molecular flexibility index (Phi) is 23.2. The van der Waals surface area contributed by atoms with Gasteiger partial charge in [0.15, 0.2) is 5.78 Å². The van der Waals surface area contributed by atoms with E-state index in [4.69, 9.17) is 4.74 Å². The maximum atomic E-state index is 14.2. The van der Waals surface area contributed by atoms with Gasteiger partial charge in [0.25, 0.3) is 0 Å². The quantitative estimate of drug-likeness (QED) is 0.0826. The van der Waals surface area contributed by atoms with E-state index in [1.807, 2.05) is 95.3 Å². The Morgan fingerprint density at radius 1 is 0.617 bits per heavy atom. The number of benzene rings is 2. The molecule has 0 radical (unpaired) electrons. The number of piperazine rings is 1. The zero-order chi connectivity index (χ0) is 43.9. The number of carbonyl (C=O) groups excluding carboxylic acids is 5. The number of ketones is 1. The van der Waals surface area contributed by atoms with Crippen LogP contribution in [0.2, 0.25) is 0 Å². The number of carbonyl (C=O) groups is 5. The Morgan fingerprint density at radius 2 is 1.13 bits per heavy atom. The molecule has 2 aromatic rings. The van der Waals surface area contributed by atoms with Gasteiger partial charge in [-0.1, -0.05) is 108 Å². The summed E-state index contributed by atoms with van der Waals surface area (Å²) in [6.07, 6.45) is 6.48. The van der Waals surface area contributed by atoms with Gasteiger partial charge in [-0.3, -0.25) is 24.0 Å². The number of likely N-dealkylation sites (N-methyl/N-ethyl adjacent to an activating group) is 1. The summed E-state index contributed by atoms with van der Waals surface area (Å²) < 4.78 is 5.58. The summed E-state index contributed by atoms with van der Waals surface area (Å²) in [5.41, 5.74) is 1.86. The van der Waals surface area contributed by atoms with Crippen LogP contribution in [0.4, 0.5) is 0 Å². The van der Waals surface area contributed by atoms with E-state index >= 15 is 0 Å². The topological polar surface area (TPSA) is 149 Å². The molecule has 0 bridgehead atoms. The number of nitrogens with one attached hydrogen (secondary N) is 4. The monoisotopic (exact) mass is 833 g/mol. The van der Waals surface area contributed by atoms with E-state index in [9.17, 15) is 24.0 Å². The second-order valence-electron chi connectivity index (χ2n) is 17.4. The lowest BCUT2D eigenvalue weighted by atomic mass is 9.96. The molecule has 4 N–H and O–H groups in total. The molecule has 3 rings (SSSR count). The molecule has 0 spiro atoms. The first kappa shape index (κ1) is 50.2. The van der Waals surface area contributed by atoms with Gasteiger partial charge in [-0.05, 0) is 88.9 Å². The fraction of sp³-hybridized carbons (Fsp3) is 0.646. The Hall–Kier alpha value is -4.13. The van der Waals surface area contributed by atoms with Crippen molar-refractivity contribution in [2.75, 3.05) is 46.4 Å². The van der Waals surface area contributed by atoms with Crippen molar-refractivity contribution in [3.8, 4) is 0 Å². The second-order valence-corrected chi connectivity index (χ2v) is 17.4. The minimum absolute atomic E-state index is 0.0227. The van der Waals surface area contributed by atoms with Gasteiger partial charge in [0.05, 0.1) is 6.04 Å². The minimum Gasteiger partial charge on any atom is -0.371 e. The van der Waals surface area contributed by atoms with Crippen LogP contribution in [-0.4, -0.2) is 116 Å². The van der Waals surface area contributed by atoms with Crippen molar-refractivity contribution >= 4 is 29.4 Å². The van der Waals surface area contributed by atoms with Crippen LogP contribution in [0.1, 0.15) is 110 Å². The normalized spacial score (nSPS) is 16.1. The number of hydrogen-bond acceptors (Lipinski definition) is 8. The first-order valence-electron chi connectivity index (χ1n) is 22.6. The molecular formula is C48H76N6O6. The fourth-order valence-electron chi connectivity index (χ4n) is 7.63. The first-order valence-corrected chi connectivity index (χ1v) is 22.6. The number of rotatable bonds is 28. The van der Waals surface area contributed by atoms with Crippen LogP contribution >= 0.6 is 0 Å². The molecule has 60 heavy (non-hydrogen) atoms. The van der Waals surface area contributed by atoms with Gasteiger partial charge in [0.2, 0.25) is 23.6 Å². The van der Waals surface area contributed by atoms with Gasteiger partial charge in [-0.2, -0.15) is 0 Å². The molecule has 1 fully saturated rings. The van der Waals surface area contributed by atoms with Gasteiger partial charge >= 0.3 is 0 Å². The van der Waals surface area contributed by atoms with Crippen molar-refractivity contribution in [1.82, 2.24) is 31.1 Å². The summed E-state index contributed by atoms with van der Waals surface area (Å²) in [6.45, 7) is 17.4. The summed E-state index contributed by atoms with van der Waals surface area (Å²) in [4.78, 5) is 74.0. The molecular weight excluding hydrogens is 757 g/mol. The molecule has 1 aliphatic heterocycles. The molecule has 1 heterocycles. The van der Waals surface area contributed by atoms with Crippen molar-refractivity contribution < 1.29 is 28.7 Å². The number of nitrogens with zero attached hydrogens (tertiary/aromatic N) is 2. The highest BCUT2D eigenvalue weighted by molar-refractivity contribution is 5.96. The maximum absolute atomic E-state index is 14.2. The molecule has 0 saturated carbocycles. The van der Waals surface area contributed by atoms with Crippen molar-refractivity contribution in [1.29, 1.82) is 0 Å². The first-order chi connectivity index (χ1) is 28.7. The minimum atomic E-state index is -1.03. The van der Waals surface area contributed by atoms with Gasteiger partial charge in [-0.15, -0.1) is 0 Å². The van der Waals surface area contributed by atoms with E-state index < -0.39 is 48.0 Å². The molecule has 5 atom stereocenters. The van der Waals surface area contributed by atoms with Crippen LogP contribution in [0, 0.1) is 11.8 Å². The van der Waals surface area contributed by atoms with E-state index in [1.54, 1.807) is 6.92 Å². The van der Waals surface area contributed by atoms with Gasteiger partial charge in [0, 0.05) is 45.6 Å². The zero-order valence-corrected chi connectivity index (χ0v) is 37.7. The standard InChI is InChI=1S/C48H76N6O6/c1-8-60-37(6)45(56)41(32-35(2)3)50-48(59)43(34-39-22-16-13-17-23-39)52-47(58)42(33-36(4)5)51-46(57)40(26-25-38-20-14-12-15-21-38)49-44(55)24-18-10-9-11-19-27-54-30-28-53(7)29-31-54/h12-17,20-23,35-37,40-43H,8-11,18-19,24-34H2,1-7H3,(H,49,55)(H,50,59)(H,51,57)(H,52,58)/t37-,40-,41?,42?,43-/m0/s1. The van der Waals surface area contributed by atoms with Crippen molar-refractivity contribution in [2.45, 2.75) is 142 Å². The van der Waals surface area contributed by atoms with E-state index in [0.717, 1.165) is 76.0 Å². The Labute approximate surface area is 360 Å². The molecule has 0 aromatic heterocycles. The zero-order valence-electron chi connectivity index (χ0n) is 37.7. The summed E-state index contributed by atoms with van der Waals surface area (Å²) in [7, 11) is 2.17. The number of amides is 4. The van der Waals surface area contributed by atoms with Crippen LogP contribution < -0.4 is 21.3 Å². The van der Waals surface area contributed by atoms with E-state index in [-0.39, 0.29) is 29.9 Å². The molecule has 0 aliphatic carbocycles. The molecule has 1 saturated heterocycles. The summed E-state index contributed by atoms with van der Waals surface area (Å²) in [5, 5.41) is 11.8. The Bertz CT molecular complexity index is 1570. The Balaban J connectivity index is 1.70. The number of unbranched alkanes of at least 4 members (excludes halogenated alkanes) is 4.